The normalized spacial score (nSPS) is 19.1. The molecule has 1 unspecified atom stereocenters. The molecule has 1 aromatic carbocycles. The molecule has 4 amide bonds. The summed E-state index contributed by atoms with van der Waals surface area (Å²) in [6.45, 7) is 5.91. The van der Waals surface area contributed by atoms with Crippen LogP contribution in [0.5, 0.6) is 0 Å². The first-order valence-electron chi connectivity index (χ1n) is 7.25. The number of nitrogens with one attached hydrogen (secondary N) is 1. The molecule has 1 aliphatic rings. The number of amides is 4. The van der Waals surface area contributed by atoms with E-state index in [0.29, 0.717) is 18.5 Å². The number of carbonyl (C=O) groups excluding carboxylic acids is 3. The van der Waals surface area contributed by atoms with E-state index in [2.05, 4.69) is 5.32 Å². The summed E-state index contributed by atoms with van der Waals surface area (Å²) in [6.07, 6.45) is 1.15. The van der Waals surface area contributed by atoms with Gasteiger partial charge < -0.3 is 0 Å². The van der Waals surface area contributed by atoms with Gasteiger partial charge in [-0.1, -0.05) is 45.4 Å². The van der Waals surface area contributed by atoms with Crippen LogP contribution in [0, 0.1) is 5.92 Å². The minimum atomic E-state index is -0.784. The highest BCUT2D eigenvalue weighted by Crippen LogP contribution is 2.30. The molecule has 1 N–H and O–H groups in total. The predicted molar refractivity (Wildman–Crippen MR) is 80.0 cm³/mol. The van der Waals surface area contributed by atoms with Crippen LogP contribution < -0.4 is 10.2 Å². The van der Waals surface area contributed by atoms with Crippen molar-refractivity contribution in [3.8, 4) is 0 Å². The molecule has 0 aliphatic carbocycles. The molecule has 1 aromatic rings. The fourth-order valence-electron chi connectivity index (χ4n) is 2.57. The zero-order valence-corrected chi connectivity index (χ0v) is 12.6. The van der Waals surface area contributed by atoms with E-state index in [9.17, 15) is 14.4 Å². The maximum Gasteiger partial charge on any atom is 0.335 e. The Balaban J connectivity index is 2.44. The third-order valence-corrected chi connectivity index (χ3v) is 3.65. The highest BCUT2D eigenvalue weighted by Gasteiger charge is 2.41. The SMILES string of the molecule is CCCC1C(=O)NC(=O)N(c2ccccc2C(C)C)C1=O. The maximum atomic E-state index is 12.6. The Kier molecular flexibility index (Phi) is 4.40. The Morgan fingerprint density at radius 1 is 1.19 bits per heavy atom. The van der Waals surface area contributed by atoms with Crippen molar-refractivity contribution >= 4 is 23.5 Å². The van der Waals surface area contributed by atoms with E-state index in [1.54, 1.807) is 12.1 Å². The van der Waals surface area contributed by atoms with E-state index < -0.39 is 23.8 Å². The first-order valence-corrected chi connectivity index (χ1v) is 7.25. The van der Waals surface area contributed by atoms with Crippen LogP contribution in [0.25, 0.3) is 0 Å². The summed E-state index contributed by atoms with van der Waals surface area (Å²) in [4.78, 5) is 37.6. The third kappa shape index (κ3) is 2.82. The third-order valence-electron chi connectivity index (χ3n) is 3.65. The minimum Gasteiger partial charge on any atom is -0.277 e. The molecule has 1 heterocycles. The number of benzene rings is 1. The average molecular weight is 288 g/mol. The van der Waals surface area contributed by atoms with Crippen molar-refractivity contribution in [1.29, 1.82) is 0 Å². The Hall–Kier alpha value is -2.17. The molecule has 1 saturated heterocycles. The van der Waals surface area contributed by atoms with Gasteiger partial charge >= 0.3 is 6.03 Å². The monoisotopic (exact) mass is 288 g/mol. The lowest BCUT2D eigenvalue weighted by Crippen LogP contribution is -2.58. The molecular weight excluding hydrogens is 268 g/mol. The van der Waals surface area contributed by atoms with Crippen LogP contribution in [0.15, 0.2) is 24.3 Å². The molecule has 0 aromatic heterocycles. The van der Waals surface area contributed by atoms with Gasteiger partial charge in [0.2, 0.25) is 11.8 Å². The number of urea groups is 1. The van der Waals surface area contributed by atoms with Crippen LogP contribution in [0.4, 0.5) is 10.5 Å². The Morgan fingerprint density at radius 2 is 1.86 bits per heavy atom. The van der Waals surface area contributed by atoms with E-state index in [-0.39, 0.29) is 5.92 Å². The van der Waals surface area contributed by atoms with Crippen molar-refractivity contribution in [3.05, 3.63) is 29.8 Å². The zero-order valence-electron chi connectivity index (χ0n) is 12.6. The average Bonchev–Trinajstić information content (AvgIpc) is 2.43. The smallest absolute Gasteiger partial charge is 0.277 e. The second-order valence-corrected chi connectivity index (χ2v) is 5.52. The van der Waals surface area contributed by atoms with Crippen LogP contribution in [-0.4, -0.2) is 17.8 Å². The van der Waals surface area contributed by atoms with Gasteiger partial charge in [-0.3, -0.25) is 14.9 Å². The fourth-order valence-corrected chi connectivity index (χ4v) is 2.57. The zero-order chi connectivity index (χ0) is 15.6. The van der Waals surface area contributed by atoms with E-state index in [0.717, 1.165) is 10.5 Å². The molecule has 21 heavy (non-hydrogen) atoms. The van der Waals surface area contributed by atoms with Gasteiger partial charge in [-0.15, -0.1) is 0 Å². The molecule has 5 nitrogen and oxygen atoms in total. The summed E-state index contributed by atoms with van der Waals surface area (Å²) in [6, 6.07) is 6.63. The summed E-state index contributed by atoms with van der Waals surface area (Å²) in [5.41, 5.74) is 1.47. The highest BCUT2D eigenvalue weighted by molar-refractivity contribution is 6.27. The molecule has 0 spiro atoms. The van der Waals surface area contributed by atoms with Crippen LogP contribution >= 0.6 is 0 Å². The largest absolute Gasteiger partial charge is 0.335 e. The number of carbonyl (C=O) groups is 3. The highest BCUT2D eigenvalue weighted by atomic mass is 16.2. The van der Waals surface area contributed by atoms with E-state index >= 15 is 0 Å². The van der Waals surface area contributed by atoms with Gasteiger partial charge in [0.15, 0.2) is 0 Å². The number of para-hydroxylation sites is 1. The lowest BCUT2D eigenvalue weighted by Gasteiger charge is -2.31. The van der Waals surface area contributed by atoms with Crippen molar-refractivity contribution in [2.45, 2.75) is 39.5 Å². The Labute approximate surface area is 124 Å². The topological polar surface area (TPSA) is 66.5 Å². The summed E-state index contributed by atoms with van der Waals surface area (Å²) >= 11 is 0. The van der Waals surface area contributed by atoms with Crippen molar-refractivity contribution in [3.63, 3.8) is 0 Å². The first kappa shape index (κ1) is 15.2. The quantitative estimate of drug-likeness (QED) is 0.866. The van der Waals surface area contributed by atoms with Crippen molar-refractivity contribution in [2.24, 2.45) is 5.92 Å². The van der Waals surface area contributed by atoms with E-state index in [1.165, 1.54) is 0 Å². The summed E-state index contributed by atoms with van der Waals surface area (Å²) < 4.78 is 0. The molecule has 5 heteroatoms. The van der Waals surface area contributed by atoms with Crippen LogP contribution in [0.3, 0.4) is 0 Å². The van der Waals surface area contributed by atoms with Crippen LogP contribution in [-0.2, 0) is 9.59 Å². The molecule has 112 valence electrons. The van der Waals surface area contributed by atoms with Gasteiger partial charge in [-0.25, -0.2) is 9.69 Å². The van der Waals surface area contributed by atoms with E-state index in [1.807, 2.05) is 32.9 Å². The number of rotatable bonds is 4. The Bertz CT molecular complexity index is 581. The van der Waals surface area contributed by atoms with Gasteiger partial charge in [0.25, 0.3) is 0 Å². The standard InChI is InChI=1S/C16H20N2O3/c1-4-7-12-14(19)17-16(21)18(15(12)20)13-9-6-5-8-11(13)10(2)3/h5-6,8-10,12H,4,7H2,1-3H3,(H,17,19,21). The molecule has 1 atom stereocenters. The number of barbiturate groups is 1. The van der Waals surface area contributed by atoms with Gasteiger partial charge in [0.1, 0.15) is 5.92 Å². The molecule has 0 saturated carbocycles. The molecule has 2 rings (SSSR count). The van der Waals surface area contributed by atoms with Crippen LogP contribution in [0.1, 0.15) is 45.1 Å². The molecule has 1 fully saturated rings. The fraction of sp³-hybridized carbons (Fsp3) is 0.438. The summed E-state index contributed by atoms with van der Waals surface area (Å²) in [7, 11) is 0. The number of nitrogens with zero attached hydrogens (tertiary/aromatic N) is 1. The Morgan fingerprint density at radius 3 is 2.48 bits per heavy atom. The lowest BCUT2D eigenvalue weighted by molar-refractivity contribution is -0.134. The molecular formula is C16H20N2O3. The van der Waals surface area contributed by atoms with Gasteiger partial charge in [-0.05, 0) is 24.0 Å². The van der Waals surface area contributed by atoms with E-state index in [4.69, 9.17) is 0 Å². The second-order valence-electron chi connectivity index (χ2n) is 5.52. The molecule has 0 radical (unpaired) electrons. The van der Waals surface area contributed by atoms with Gasteiger partial charge in [0, 0.05) is 0 Å². The van der Waals surface area contributed by atoms with Crippen molar-refractivity contribution < 1.29 is 14.4 Å². The lowest BCUT2D eigenvalue weighted by atomic mass is 9.96. The van der Waals surface area contributed by atoms with Crippen molar-refractivity contribution in [2.75, 3.05) is 4.90 Å². The summed E-state index contributed by atoms with van der Waals surface area (Å²) in [5, 5.41) is 2.29. The van der Waals surface area contributed by atoms with Gasteiger partial charge in [0.05, 0.1) is 5.69 Å². The maximum absolute atomic E-state index is 12.6. The number of imide groups is 2. The molecule has 0 bridgehead atoms. The second kappa shape index (κ2) is 6.08. The number of anilines is 1. The summed E-state index contributed by atoms with van der Waals surface area (Å²) in [5.74, 6) is -1.54. The number of hydrogen-bond acceptors (Lipinski definition) is 3. The van der Waals surface area contributed by atoms with Gasteiger partial charge in [-0.2, -0.15) is 0 Å². The van der Waals surface area contributed by atoms with Crippen LogP contribution in [0.2, 0.25) is 0 Å². The minimum absolute atomic E-state index is 0.170. The molecule has 1 aliphatic heterocycles. The number of hydrogen-bond donors (Lipinski definition) is 1. The van der Waals surface area contributed by atoms with Crippen molar-refractivity contribution in [1.82, 2.24) is 5.32 Å². The first-order chi connectivity index (χ1) is 9.97. The predicted octanol–water partition coefficient (Wildman–Crippen LogP) is 2.81.